The van der Waals surface area contributed by atoms with Crippen molar-refractivity contribution in [1.82, 2.24) is 4.90 Å². The monoisotopic (exact) mass is 303 g/mol. The molecule has 0 spiro atoms. The minimum absolute atomic E-state index is 0.122. The van der Waals surface area contributed by atoms with Crippen LogP contribution in [0.25, 0.3) is 0 Å². The van der Waals surface area contributed by atoms with Gasteiger partial charge in [-0.15, -0.1) is 0 Å². The van der Waals surface area contributed by atoms with E-state index < -0.39 is 5.97 Å². The molecule has 3 atom stereocenters. The third-order valence-corrected chi connectivity index (χ3v) is 3.43. The molecular formula is C17H21NO4. The Morgan fingerprint density at radius 2 is 1.82 bits per heavy atom. The fourth-order valence-corrected chi connectivity index (χ4v) is 2.38. The van der Waals surface area contributed by atoms with Gasteiger partial charge < -0.3 is 9.47 Å². The van der Waals surface area contributed by atoms with Gasteiger partial charge in [0.1, 0.15) is 6.04 Å². The van der Waals surface area contributed by atoms with Crippen molar-refractivity contribution in [3.63, 3.8) is 0 Å². The molecule has 1 unspecified atom stereocenters. The van der Waals surface area contributed by atoms with E-state index in [1.807, 2.05) is 35.2 Å². The van der Waals surface area contributed by atoms with E-state index in [1.165, 1.54) is 6.08 Å². The Balaban J connectivity index is 2.01. The molecular weight excluding hydrogens is 282 g/mol. The lowest BCUT2D eigenvalue weighted by Crippen LogP contribution is -2.16. The molecule has 1 fully saturated rings. The van der Waals surface area contributed by atoms with Crippen LogP contribution < -0.4 is 0 Å². The van der Waals surface area contributed by atoms with Gasteiger partial charge in [-0.2, -0.15) is 0 Å². The Bertz CT molecular complexity index is 541. The molecule has 1 heterocycles. The topological polar surface area (TPSA) is 55.6 Å². The van der Waals surface area contributed by atoms with Crippen molar-refractivity contribution in [2.24, 2.45) is 0 Å². The van der Waals surface area contributed by atoms with E-state index in [1.54, 1.807) is 19.9 Å². The zero-order valence-electron chi connectivity index (χ0n) is 12.9. The molecule has 0 N–H and O–H groups in total. The van der Waals surface area contributed by atoms with Crippen LogP contribution in [0, 0.1) is 0 Å². The first kappa shape index (κ1) is 16.2. The van der Waals surface area contributed by atoms with Crippen molar-refractivity contribution in [2.45, 2.75) is 32.5 Å². The molecule has 0 aromatic heterocycles. The Labute approximate surface area is 130 Å². The summed E-state index contributed by atoms with van der Waals surface area (Å²) in [4.78, 5) is 25.4. The SMILES string of the molecule is CCOC(=O)/C=C/[C@@H]1[C@H](C(=O)OCC)N1Cc1ccccc1. The number of rotatable bonds is 7. The third kappa shape index (κ3) is 4.18. The summed E-state index contributed by atoms with van der Waals surface area (Å²) in [6.45, 7) is 4.87. The summed E-state index contributed by atoms with van der Waals surface area (Å²) in [6.07, 6.45) is 3.09. The average molecular weight is 303 g/mol. The van der Waals surface area contributed by atoms with Gasteiger partial charge in [0.25, 0.3) is 0 Å². The van der Waals surface area contributed by atoms with Gasteiger partial charge in [0.15, 0.2) is 0 Å². The second-order valence-electron chi connectivity index (χ2n) is 4.96. The van der Waals surface area contributed by atoms with Gasteiger partial charge in [0.05, 0.1) is 19.3 Å². The molecule has 1 aliphatic rings. The first-order chi connectivity index (χ1) is 10.7. The number of carbonyl (C=O) groups excluding carboxylic acids is 2. The highest BCUT2D eigenvalue weighted by Crippen LogP contribution is 2.32. The summed E-state index contributed by atoms with van der Waals surface area (Å²) in [5.74, 6) is -0.645. The normalized spacial score (nSPS) is 23.3. The van der Waals surface area contributed by atoms with Crippen molar-refractivity contribution in [3.05, 3.63) is 48.0 Å². The highest BCUT2D eigenvalue weighted by molar-refractivity contribution is 5.84. The van der Waals surface area contributed by atoms with Gasteiger partial charge in [0, 0.05) is 12.6 Å². The van der Waals surface area contributed by atoms with Gasteiger partial charge in [0.2, 0.25) is 0 Å². The van der Waals surface area contributed by atoms with Crippen LogP contribution in [0.5, 0.6) is 0 Å². The fourth-order valence-electron chi connectivity index (χ4n) is 2.38. The predicted molar refractivity (Wildman–Crippen MR) is 82.0 cm³/mol. The number of benzene rings is 1. The van der Waals surface area contributed by atoms with E-state index in [4.69, 9.17) is 9.47 Å². The molecule has 5 heteroatoms. The minimum Gasteiger partial charge on any atom is -0.465 e. The van der Waals surface area contributed by atoms with Crippen LogP contribution in [0.4, 0.5) is 0 Å². The Kier molecular flexibility index (Phi) is 5.72. The molecule has 118 valence electrons. The third-order valence-electron chi connectivity index (χ3n) is 3.43. The van der Waals surface area contributed by atoms with E-state index in [-0.39, 0.29) is 18.1 Å². The molecule has 2 rings (SSSR count). The largest absolute Gasteiger partial charge is 0.465 e. The predicted octanol–water partition coefficient (Wildman–Crippen LogP) is 1.92. The summed E-state index contributed by atoms with van der Waals surface area (Å²) in [5.41, 5.74) is 1.11. The molecule has 1 saturated heterocycles. The molecule has 0 saturated carbocycles. The number of carbonyl (C=O) groups is 2. The van der Waals surface area contributed by atoms with Crippen LogP contribution >= 0.6 is 0 Å². The Hall–Kier alpha value is -2.14. The fraction of sp³-hybridized carbons (Fsp3) is 0.412. The van der Waals surface area contributed by atoms with E-state index in [9.17, 15) is 9.59 Å². The molecule has 1 aromatic carbocycles. The standard InChI is InChI=1S/C17H21NO4/c1-3-21-15(19)11-10-14-16(17(20)22-4-2)18(14)12-13-8-6-5-7-9-13/h5-11,14,16H,3-4,12H2,1-2H3/b11-10+/t14-,16-,18?/m1/s1. The van der Waals surface area contributed by atoms with Crippen molar-refractivity contribution < 1.29 is 19.1 Å². The van der Waals surface area contributed by atoms with Crippen molar-refractivity contribution in [1.29, 1.82) is 0 Å². The maximum Gasteiger partial charge on any atom is 0.330 e. The van der Waals surface area contributed by atoms with Crippen LogP contribution in [-0.2, 0) is 25.6 Å². The average Bonchev–Trinajstić information content (AvgIpc) is 3.19. The molecule has 0 aliphatic carbocycles. The van der Waals surface area contributed by atoms with E-state index in [0.29, 0.717) is 19.8 Å². The second kappa shape index (κ2) is 7.75. The molecule has 1 aliphatic heterocycles. The molecule has 1 aromatic rings. The summed E-state index contributed by atoms with van der Waals surface area (Å²) >= 11 is 0. The lowest BCUT2D eigenvalue weighted by atomic mass is 10.2. The molecule has 0 amide bonds. The van der Waals surface area contributed by atoms with Crippen LogP contribution in [0.15, 0.2) is 42.5 Å². The molecule has 0 radical (unpaired) electrons. The maximum absolute atomic E-state index is 12.0. The minimum atomic E-state index is -0.392. The Morgan fingerprint density at radius 1 is 1.14 bits per heavy atom. The van der Waals surface area contributed by atoms with Gasteiger partial charge in [-0.1, -0.05) is 36.4 Å². The number of hydrogen-bond donors (Lipinski definition) is 0. The molecule has 0 bridgehead atoms. The summed E-state index contributed by atoms with van der Waals surface area (Å²) in [5, 5.41) is 0. The lowest BCUT2D eigenvalue weighted by molar-refractivity contribution is -0.143. The first-order valence-corrected chi connectivity index (χ1v) is 7.48. The maximum atomic E-state index is 12.0. The van der Waals surface area contributed by atoms with E-state index in [2.05, 4.69) is 0 Å². The zero-order valence-corrected chi connectivity index (χ0v) is 12.9. The highest BCUT2D eigenvalue weighted by atomic mass is 16.5. The smallest absolute Gasteiger partial charge is 0.330 e. The number of ether oxygens (including phenoxy) is 2. The second-order valence-corrected chi connectivity index (χ2v) is 4.96. The van der Waals surface area contributed by atoms with Gasteiger partial charge in [-0.05, 0) is 19.4 Å². The van der Waals surface area contributed by atoms with Gasteiger partial charge >= 0.3 is 11.9 Å². The molecule has 5 nitrogen and oxygen atoms in total. The number of esters is 2. The van der Waals surface area contributed by atoms with Crippen LogP contribution in [0.3, 0.4) is 0 Å². The van der Waals surface area contributed by atoms with Crippen LogP contribution in [-0.4, -0.2) is 42.1 Å². The van der Waals surface area contributed by atoms with E-state index >= 15 is 0 Å². The highest BCUT2D eigenvalue weighted by Gasteiger charge is 2.51. The van der Waals surface area contributed by atoms with Crippen LogP contribution in [0.1, 0.15) is 19.4 Å². The van der Waals surface area contributed by atoms with Crippen molar-refractivity contribution >= 4 is 11.9 Å². The van der Waals surface area contributed by atoms with Crippen molar-refractivity contribution in [3.8, 4) is 0 Å². The quantitative estimate of drug-likeness (QED) is 0.437. The summed E-state index contributed by atoms with van der Waals surface area (Å²) in [6, 6.07) is 9.43. The summed E-state index contributed by atoms with van der Waals surface area (Å²) < 4.78 is 9.94. The van der Waals surface area contributed by atoms with Crippen molar-refractivity contribution in [2.75, 3.05) is 13.2 Å². The summed E-state index contributed by atoms with van der Waals surface area (Å²) in [7, 11) is 0. The lowest BCUT2D eigenvalue weighted by Gasteiger charge is -2.03. The van der Waals surface area contributed by atoms with Gasteiger partial charge in [-0.25, -0.2) is 4.79 Å². The number of hydrogen-bond acceptors (Lipinski definition) is 5. The van der Waals surface area contributed by atoms with Crippen LogP contribution in [0.2, 0.25) is 0 Å². The van der Waals surface area contributed by atoms with Gasteiger partial charge in [-0.3, -0.25) is 9.69 Å². The molecule has 22 heavy (non-hydrogen) atoms. The first-order valence-electron chi connectivity index (χ1n) is 7.48. The zero-order chi connectivity index (χ0) is 15.9. The van der Waals surface area contributed by atoms with E-state index in [0.717, 1.165) is 5.56 Å². The Morgan fingerprint density at radius 3 is 2.45 bits per heavy atom. The number of nitrogens with zero attached hydrogens (tertiary/aromatic N) is 1.